The summed E-state index contributed by atoms with van der Waals surface area (Å²) >= 11 is 0. The van der Waals surface area contributed by atoms with E-state index < -0.39 is 11.8 Å². The van der Waals surface area contributed by atoms with Crippen LogP contribution in [0, 0.1) is 0 Å². The Hall–Kier alpha value is -1.30. The number of rotatable bonds is 5. The van der Waals surface area contributed by atoms with Gasteiger partial charge in [0.25, 0.3) is 0 Å². The van der Waals surface area contributed by atoms with Crippen LogP contribution in [0.15, 0.2) is 40.6 Å². The summed E-state index contributed by atoms with van der Waals surface area (Å²) in [7, 11) is 1.49. The van der Waals surface area contributed by atoms with E-state index >= 15 is 0 Å². The van der Waals surface area contributed by atoms with Crippen LogP contribution in [0.5, 0.6) is 0 Å². The number of azo groups is 1. The first-order valence-electron chi connectivity index (χ1n) is 5.92. The minimum atomic E-state index is -1.39. The molecule has 1 atom stereocenters. The van der Waals surface area contributed by atoms with Gasteiger partial charge in [-0.1, -0.05) is 35.4 Å². The second-order valence-electron chi connectivity index (χ2n) is 4.56. The molecule has 5 nitrogen and oxygen atoms in total. The zero-order valence-corrected chi connectivity index (χ0v) is 10.9. The maximum absolute atomic E-state index is 5.57. The van der Waals surface area contributed by atoms with E-state index in [0.717, 1.165) is 6.42 Å². The summed E-state index contributed by atoms with van der Waals surface area (Å²) in [6.07, 6.45) is -0.621. The van der Waals surface area contributed by atoms with Crippen LogP contribution in [0.3, 0.4) is 0 Å². The van der Waals surface area contributed by atoms with Crippen LogP contribution < -0.4 is 0 Å². The molecule has 0 bridgehead atoms. The Morgan fingerprint density at radius 3 is 2.44 bits per heavy atom. The van der Waals surface area contributed by atoms with Crippen LogP contribution in [0.25, 0.3) is 0 Å². The van der Waals surface area contributed by atoms with Crippen LogP contribution >= 0.6 is 0 Å². The normalized spacial score (nSPS) is 25.5. The van der Waals surface area contributed by atoms with Crippen molar-refractivity contribution in [1.82, 2.24) is 0 Å². The first kappa shape index (κ1) is 13.1. The number of nitrogens with zero attached hydrogens (tertiary/aromatic N) is 2. The Kier molecular flexibility index (Phi) is 3.75. The highest BCUT2D eigenvalue weighted by molar-refractivity contribution is 5.14. The van der Waals surface area contributed by atoms with Gasteiger partial charge in [0.1, 0.15) is 0 Å². The fourth-order valence-corrected chi connectivity index (χ4v) is 1.68. The zero-order valence-electron chi connectivity index (χ0n) is 10.9. The maximum atomic E-state index is 5.57. The second kappa shape index (κ2) is 5.14. The molecule has 1 aromatic rings. The summed E-state index contributed by atoms with van der Waals surface area (Å²) < 4.78 is 16.3. The lowest BCUT2D eigenvalue weighted by Crippen LogP contribution is -2.38. The molecule has 0 aromatic heterocycles. The van der Waals surface area contributed by atoms with E-state index in [1.165, 1.54) is 12.7 Å². The summed E-state index contributed by atoms with van der Waals surface area (Å²) in [4.78, 5) is 0. The smallest absolute Gasteiger partial charge is 0.310 e. The minimum Gasteiger partial charge on any atom is -0.310 e. The molecular weight excluding hydrogens is 232 g/mol. The molecule has 0 saturated heterocycles. The fraction of sp³-hybridized carbons (Fsp3) is 0.538. The Labute approximate surface area is 107 Å². The van der Waals surface area contributed by atoms with Gasteiger partial charge in [-0.25, -0.2) is 0 Å². The van der Waals surface area contributed by atoms with Gasteiger partial charge in [0.2, 0.25) is 0 Å². The van der Waals surface area contributed by atoms with E-state index in [4.69, 9.17) is 14.2 Å². The van der Waals surface area contributed by atoms with E-state index in [2.05, 4.69) is 10.2 Å². The molecule has 0 saturated carbocycles. The SMILES string of the molecule is COC1(OCCc2ccccc2)N=NC(C)(C)O1. The van der Waals surface area contributed by atoms with Gasteiger partial charge in [-0.05, 0) is 25.8 Å². The summed E-state index contributed by atoms with van der Waals surface area (Å²) in [6, 6.07) is 10.1. The number of hydrogen-bond acceptors (Lipinski definition) is 5. The molecule has 1 aliphatic heterocycles. The van der Waals surface area contributed by atoms with Crippen molar-refractivity contribution in [2.24, 2.45) is 10.2 Å². The number of methoxy groups -OCH3 is 1. The first-order valence-corrected chi connectivity index (χ1v) is 5.92. The molecule has 5 heteroatoms. The van der Waals surface area contributed by atoms with Gasteiger partial charge in [0.15, 0.2) is 5.72 Å². The van der Waals surface area contributed by atoms with Crippen molar-refractivity contribution in [2.45, 2.75) is 32.1 Å². The Morgan fingerprint density at radius 1 is 1.17 bits per heavy atom. The second-order valence-corrected chi connectivity index (χ2v) is 4.56. The number of hydrogen-bond donors (Lipinski definition) is 0. The van der Waals surface area contributed by atoms with Crippen molar-refractivity contribution in [3.8, 4) is 0 Å². The van der Waals surface area contributed by atoms with Crippen LogP contribution in [0.2, 0.25) is 0 Å². The largest absolute Gasteiger partial charge is 0.414 e. The van der Waals surface area contributed by atoms with E-state index in [-0.39, 0.29) is 0 Å². The molecule has 0 fully saturated rings. The first-order chi connectivity index (χ1) is 8.55. The van der Waals surface area contributed by atoms with Gasteiger partial charge in [0.05, 0.1) is 6.61 Å². The molecule has 98 valence electrons. The van der Waals surface area contributed by atoms with E-state index in [1.807, 2.05) is 30.3 Å². The molecule has 0 N–H and O–H groups in total. The third kappa shape index (κ3) is 3.13. The van der Waals surface area contributed by atoms with Gasteiger partial charge in [0, 0.05) is 7.11 Å². The van der Waals surface area contributed by atoms with Crippen molar-refractivity contribution in [3.05, 3.63) is 35.9 Å². The average molecular weight is 250 g/mol. The van der Waals surface area contributed by atoms with Crippen LogP contribution in [-0.4, -0.2) is 25.5 Å². The van der Waals surface area contributed by atoms with E-state index in [0.29, 0.717) is 6.61 Å². The van der Waals surface area contributed by atoms with Gasteiger partial charge in [-0.2, -0.15) is 5.11 Å². The maximum Gasteiger partial charge on any atom is 0.414 e. The van der Waals surface area contributed by atoms with Crippen molar-refractivity contribution < 1.29 is 14.2 Å². The average Bonchev–Trinajstić information content (AvgIpc) is 2.67. The molecule has 0 aliphatic carbocycles. The summed E-state index contributed by atoms with van der Waals surface area (Å²) in [5.74, 6) is 0. The predicted molar refractivity (Wildman–Crippen MR) is 65.9 cm³/mol. The Balaban J connectivity index is 1.88. The quantitative estimate of drug-likeness (QED) is 0.755. The molecule has 1 heterocycles. The standard InChI is InChI=1S/C13H18N2O3/c1-12(2)14-15-13(16-3,18-12)17-10-9-11-7-5-4-6-8-11/h4-8H,9-10H2,1-3H3. The predicted octanol–water partition coefficient (Wildman–Crippen LogP) is 2.72. The summed E-state index contributed by atoms with van der Waals surface area (Å²) in [5, 5.41) is 7.90. The van der Waals surface area contributed by atoms with E-state index in [1.54, 1.807) is 13.8 Å². The zero-order chi connectivity index (χ0) is 13.1. The fourth-order valence-electron chi connectivity index (χ4n) is 1.68. The lowest BCUT2D eigenvalue weighted by Gasteiger charge is -2.25. The highest BCUT2D eigenvalue weighted by Crippen LogP contribution is 2.32. The monoisotopic (exact) mass is 250 g/mol. The lowest BCUT2D eigenvalue weighted by atomic mass is 10.2. The minimum absolute atomic E-state index is 0.451. The van der Waals surface area contributed by atoms with Gasteiger partial charge in [-0.3, -0.25) is 4.74 Å². The third-order valence-electron chi connectivity index (χ3n) is 2.57. The highest BCUT2D eigenvalue weighted by atomic mass is 16.9. The lowest BCUT2D eigenvalue weighted by molar-refractivity contribution is -0.375. The molecular formula is C13H18N2O3. The molecule has 0 radical (unpaired) electrons. The van der Waals surface area contributed by atoms with Crippen LogP contribution in [0.4, 0.5) is 0 Å². The van der Waals surface area contributed by atoms with Crippen LogP contribution in [-0.2, 0) is 20.6 Å². The van der Waals surface area contributed by atoms with E-state index in [9.17, 15) is 0 Å². The molecule has 0 amide bonds. The summed E-state index contributed by atoms with van der Waals surface area (Å²) in [6.45, 7) is 4.06. The van der Waals surface area contributed by atoms with Crippen molar-refractivity contribution in [3.63, 3.8) is 0 Å². The highest BCUT2D eigenvalue weighted by Gasteiger charge is 2.45. The Bertz CT molecular complexity index is 420. The Morgan fingerprint density at radius 2 is 1.89 bits per heavy atom. The molecule has 2 rings (SSSR count). The topological polar surface area (TPSA) is 52.4 Å². The van der Waals surface area contributed by atoms with Crippen molar-refractivity contribution in [2.75, 3.05) is 13.7 Å². The van der Waals surface area contributed by atoms with Gasteiger partial charge in [-0.15, -0.1) is 0 Å². The molecule has 1 unspecified atom stereocenters. The van der Waals surface area contributed by atoms with Crippen LogP contribution in [0.1, 0.15) is 19.4 Å². The third-order valence-corrected chi connectivity index (χ3v) is 2.57. The molecule has 1 aromatic carbocycles. The number of ether oxygens (including phenoxy) is 3. The van der Waals surface area contributed by atoms with Crippen molar-refractivity contribution >= 4 is 0 Å². The molecule has 18 heavy (non-hydrogen) atoms. The van der Waals surface area contributed by atoms with Gasteiger partial charge >= 0.3 is 6.10 Å². The molecule has 1 aliphatic rings. The summed E-state index contributed by atoms with van der Waals surface area (Å²) in [5.41, 5.74) is 0.487. The van der Waals surface area contributed by atoms with Crippen molar-refractivity contribution in [1.29, 1.82) is 0 Å². The van der Waals surface area contributed by atoms with Gasteiger partial charge < -0.3 is 9.47 Å². The number of benzene rings is 1. The molecule has 0 spiro atoms.